The molecule has 0 fully saturated rings. The van der Waals surface area contributed by atoms with Crippen LogP contribution in [-0.4, -0.2) is 68.7 Å². The molecule has 2 heterocycles. The molecule has 194 valence electrons. The van der Waals surface area contributed by atoms with Gasteiger partial charge in [-0.25, -0.2) is 0 Å². The highest BCUT2D eigenvalue weighted by Gasteiger charge is 2.24. The Morgan fingerprint density at radius 3 is 2.50 bits per heavy atom. The number of ether oxygens (including phenoxy) is 3. The van der Waals surface area contributed by atoms with Crippen LogP contribution in [0, 0.1) is 0 Å². The average Bonchev–Trinajstić information content (AvgIpc) is 3.62. The minimum atomic E-state index is -0.305. The number of thiophene rings is 1. The highest BCUT2D eigenvalue weighted by Crippen LogP contribution is 2.28. The fourth-order valence-corrected chi connectivity index (χ4v) is 4.48. The fourth-order valence-electron chi connectivity index (χ4n) is 3.76. The molecule has 0 spiro atoms. The second kappa shape index (κ2) is 14.3. The molecule has 8 nitrogen and oxygen atoms in total. The second-order valence-electron chi connectivity index (χ2n) is 8.09. The molecule has 0 saturated heterocycles. The molecule has 9 heteroatoms. The van der Waals surface area contributed by atoms with E-state index < -0.39 is 0 Å². The van der Waals surface area contributed by atoms with Crippen molar-refractivity contribution in [3.63, 3.8) is 0 Å². The van der Waals surface area contributed by atoms with E-state index in [1.165, 1.54) is 11.2 Å². The summed E-state index contributed by atoms with van der Waals surface area (Å²) in [5, 5.41) is 1.99. The molecule has 0 aliphatic rings. The molecule has 0 aliphatic heterocycles. The van der Waals surface area contributed by atoms with Crippen LogP contribution in [0.3, 0.4) is 0 Å². The molecular weight excluding hydrogens is 480 g/mol. The number of furan rings is 1. The highest BCUT2D eigenvalue weighted by molar-refractivity contribution is 7.09. The maximum Gasteiger partial charge on any atom is 0.290 e. The molecule has 0 unspecified atom stereocenters. The van der Waals surface area contributed by atoms with Crippen LogP contribution >= 0.6 is 11.3 Å². The van der Waals surface area contributed by atoms with E-state index in [0.717, 1.165) is 10.4 Å². The lowest BCUT2D eigenvalue weighted by Gasteiger charge is -2.27. The first-order valence-corrected chi connectivity index (χ1v) is 12.8. The normalized spacial score (nSPS) is 10.8. The van der Waals surface area contributed by atoms with Crippen LogP contribution in [0.15, 0.2) is 58.5 Å². The monoisotopic (exact) mass is 514 g/mol. The summed E-state index contributed by atoms with van der Waals surface area (Å²) in [5.41, 5.74) is 1.02. The molecule has 0 saturated carbocycles. The van der Waals surface area contributed by atoms with Crippen LogP contribution in [0.4, 0.5) is 0 Å². The topological polar surface area (TPSA) is 81.5 Å². The van der Waals surface area contributed by atoms with Gasteiger partial charge in [0.15, 0.2) is 17.3 Å². The van der Waals surface area contributed by atoms with Gasteiger partial charge in [-0.2, -0.15) is 0 Å². The number of carbonyl (C=O) groups is 2. The highest BCUT2D eigenvalue weighted by atomic mass is 32.1. The van der Waals surface area contributed by atoms with Gasteiger partial charge in [0.2, 0.25) is 5.91 Å². The molecule has 0 bridgehead atoms. The van der Waals surface area contributed by atoms with E-state index in [-0.39, 0.29) is 24.1 Å². The first-order valence-electron chi connectivity index (χ1n) is 12.0. The van der Waals surface area contributed by atoms with Gasteiger partial charge in [0.05, 0.1) is 27.0 Å². The number of benzene rings is 1. The van der Waals surface area contributed by atoms with Crippen molar-refractivity contribution in [3.8, 4) is 11.5 Å². The van der Waals surface area contributed by atoms with Gasteiger partial charge in [-0.3, -0.25) is 9.59 Å². The predicted octanol–water partition coefficient (Wildman–Crippen LogP) is 4.50. The zero-order chi connectivity index (χ0) is 25.8. The van der Waals surface area contributed by atoms with Gasteiger partial charge < -0.3 is 28.4 Å². The number of amides is 2. The van der Waals surface area contributed by atoms with Crippen molar-refractivity contribution in [2.75, 3.05) is 47.1 Å². The summed E-state index contributed by atoms with van der Waals surface area (Å²) < 4.78 is 21.5. The zero-order valence-electron chi connectivity index (χ0n) is 21.1. The molecule has 3 rings (SSSR count). The Morgan fingerprint density at radius 2 is 1.83 bits per heavy atom. The summed E-state index contributed by atoms with van der Waals surface area (Å²) in [4.78, 5) is 31.0. The molecular formula is C27H34N2O6S. The van der Waals surface area contributed by atoms with Crippen LogP contribution in [-0.2, 0) is 22.5 Å². The quantitative estimate of drug-likeness (QED) is 0.278. The van der Waals surface area contributed by atoms with Crippen LogP contribution in [0.25, 0.3) is 0 Å². The average molecular weight is 515 g/mol. The second-order valence-corrected chi connectivity index (χ2v) is 9.12. The SMILES string of the molecule is CCOCCCN(CC(=O)N(CCc1ccc(OC)c(OC)c1)Cc1cccs1)C(=O)c1ccco1. The maximum absolute atomic E-state index is 13.5. The van der Waals surface area contributed by atoms with Gasteiger partial charge in [-0.1, -0.05) is 12.1 Å². The van der Waals surface area contributed by atoms with Gasteiger partial charge in [-0.05, 0) is 61.0 Å². The molecule has 2 amide bonds. The Kier molecular flexibility index (Phi) is 10.8. The predicted molar refractivity (Wildman–Crippen MR) is 139 cm³/mol. The van der Waals surface area contributed by atoms with Crippen molar-refractivity contribution < 1.29 is 28.2 Å². The standard InChI is InChI=1S/C27H34N2O6S/c1-4-34-15-7-13-29(27(31)24-9-5-16-35-24)20-26(30)28(19-22-8-6-17-36-22)14-12-21-10-11-23(32-2)25(18-21)33-3/h5-6,8-11,16-18H,4,7,12-15,19-20H2,1-3H3. The van der Waals surface area contributed by atoms with Crippen molar-refractivity contribution in [1.82, 2.24) is 9.80 Å². The van der Waals surface area contributed by atoms with E-state index in [1.807, 2.05) is 42.6 Å². The van der Waals surface area contributed by atoms with E-state index in [2.05, 4.69) is 0 Å². The third-order valence-electron chi connectivity index (χ3n) is 5.66. The lowest BCUT2D eigenvalue weighted by molar-refractivity contribution is -0.132. The number of hydrogen-bond acceptors (Lipinski definition) is 7. The number of nitrogens with zero attached hydrogens (tertiary/aromatic N) is 2. The number of hydrogen-bond donors (Lipinski definition) is 0. The van der Waals surface area contributed by atoms with Crippen LogP contribution < -0.4 is 9.47 Å². The Labute approximate surface area is 216 Å². The maximum atomic E-state index is 13.5. The largest absolute Gasteiger partial charge is 0.493 e. The van der Waals surface area contributed by atoms with Crippen molar-refractivity contribution in [1.29, 1.82) is 0 Å². The van der Waals surface area contributed by atoms with E-state index >= 15 is 0 Å². The lowest BCUT2D eigenvalue weighted by Crippen LogP contribution is -2.43. The van der Waals surface area contributed by atoms with Crippen LogP contribution in [0.5, 0.6) is 11.5 Å². The van der Waals surface area contributed by atoms with E-state index in [1.54, 1.807) is 42.6 Å². The van der Waals surface area contributed by atoms with E-state index in [0.29, 0.717) is 57.2 Å². The van der Waals surface area contributed by atoms with Crippen molar-refractivity contribution in [2.24, 2.45) is 0 Å². The molecule has 0 aliphatic carbocycles. The first-order chi connectivity index (χ1) is 17.5. The first kappa shape index (κ1) is 27.3. The van der Waals surface area contributed by atoms with Crippen molar-refractivity contribution in [2.45, 2.75) is 26.3 Å². The van der Waals surface area contributed by atoms with Gasteiger partial charge in [-0.15, -0.1) is 11.3 Å². The van der Waals surface area contributed by atoms with Gasteiger partial charge in [0.25, 0.3) is 5.91 Å². The molecule has 2 aromatic heterocycles. The minimum Gasteiger partial charge on any atom is -0.493 e. The van der Waals surface area contributed by atoms with Gasteiger partial charge in [0.1, 0.15) is 6.54 Å². The zero-order valence-corrected chi connectivity index (χ0v) is 21.9. The molecule has 0 atom stereocenters. The molecule has 0 radical (unpaired) electrons. The lowest BCUT2D eigenvalue weighted by atomic mass is 10.1. The third-order valence-corrected chi connectivity index (χ3v) is 6.53. The number of carbonyl (C=O) groups excluding carboxylic acids is 2. The molecule has 0 N–H and O–H groups in total. The van der Waals surface area contributed by atoms with Gasteiger partial charge in [0, 0.05) is 31.2 Å². The number of methoxy groups -OCH3 is 2. The Bertz CT molecular complexity index is 1070. The summed E-state index contributed by atoms with van der Waals surface area (Å²) in [6, 6.07) is 13.0. The Hall–Kier alpha value is -3.30. The Balaban J connectivity index is 1.73. The van der Waals surface area contributed by atoms with Crippen molar-refractivity contribution in [3.05, 3.63) is 70.3 Å². The van der Waals surface area contributed by atoms with Crippen LogP contribution in [0.1, 0.15) is 34.3 Å². The van der Waals surface area contributed by atoms with Crippen molar-refractivity contribution >= 4 is 23.2 Å². The fraction of sp³-hybridized carbons (Fsp3) is 0.407. The smallest absolute Gasteiger partial charge is 0.290 e. The van der Waals surface area contributed by atoms with Gasteiger partial charge >= 0.3 is 0 Å². The third kappa shape index (κ3) is 7.86. The summed E-state index contributed by atoms with van der Waals surface area (Å²) >= 11 is 1.60. The molecule has 36 heavy (non-hydrogen) atoms. The molecule has 3 aromatic rings. The molecule has 1 aromatic carbocycles. The summed E-state index contributed by atoms with van der Waals surface area (Å²) in [7, 11) is 3.20. The van der Waals surface area contributed by atoms with E-state index in [9.17, 15) is 9.59 Å². The Morgan fingerprint density at radius 1 is 1.00 bits per heavy atom. The van der Waals surface area contributed by atoms with E-state index in [4.69, 9.17) is 18.6 Å². The van der Waals surface area contributed by atoms with Crippen LogP contribution in [0.2, 0.25) is 0 Å². The summed E-state index contributed by atoms with van der Waals surface area (Å²) in [6.07, 6.45) is 2.72. The number of rotatable bonds is 15. The summed E-state index contributed by atoms with van der Waals surface area (Å²) in [6.45, 7) is 4.38. The minimum absolute atomic E-state index is 0.0387. The summed E-state index contributed by atoms with van der Waals surface area (Å²) in [5.74, 6) is 1.10.